The normalized spacial score (nSPS) is 17.0. The highest BCUT2D eigenvalue weighted by atomic mass is 32.2. The van der Waals surface area contributed by atoms with Crippen LogP contribution in [0.15, 0.2) is 39.9 Å². The number of amides is 1. The zero-order chi connectivity index (χ0) is 17.2. The topological polar surface area (TPSA) is 84.5 Å². The van der Waals surface area contributed by atoms with Crippen LogP contribution in [0.4, 0.5) is 0 Å². The molecule has 8 heteroatoms. The van der Waals surface area contributed by atoms with Crippen molar-refractivity contribution in [2.45, 2.75) is 23.6 Å². The molecule has 0 fully saturated rings. The first-order chi connectivity index (χ1) is 11.5. The number of ether oxygens (including phenoxy) is 1. The summed E-state index contributed by atoms with van der Waals surface area (Å²) in [6, 6.07) is 8.93. The van der Waals surface area contributed by atoms with E-state index in [1.807, 2.05) is 31.2 Å². The number of sulfonamides is 1. The Morgan fingerprint density at radius 1 is 1.38 bits per heavy atom. The van der Waals surface area contributed by atoms with Crippen molar-refractivity contribution in [1.29, 1.82) is 0 Å². The number of thiophene rings is 1. The van der Waals surface area contributed by atoms with Gasteiger partial charge in [0.2, 0.25) is 5.91 Å². The maximum atomic E-state index is 12.1. The summed E-state index contributed by atoms with van der Waals surface area (Å²) in [4.78, 5) is 12.1. The summed E-state index contributed by atoms with van der Waals surface area (Å²) in [6.45, 7) is 2.05. The number of carbonyl (C=O) groups is 1. The minimum absolute atomic E-state index is 0.170. The van der Waals surface area contributed by atoms with E-state index in [4.69, 9.17) is 4.74 Å². The monoisotopic (exact) mass is 366 g/mol. The maximum Gasteiger partial charge on any atom is 0.250 e. The number of hydrogen-bond donors (Lipinski definition) is 2. The average molecular weight is 366 g/mol. The molecule has 0 radical (unpaired) electrons. The van der Waals surface area contributed by atoms with E-state index in [9.17, 15) is 13.2 Å². The van der Waals surface area contributed by atoms with Gasteiger partial charge in [0.25, 0.3) is 10.0 Å². The number of hydrogen-bond acceptors (Lipinski definition) is 5. The zero-order valence-corrected chi connectivity index (χ0v) is 14.7. The second kappa shape index (κ2) is 6.92. The molecule has 1 aromatic heterocycles. The van der Waals surface area contributed by atoms with Crippen molar-refractivity contribution in [1.82, 2.24) is 10.0 Å². The lowest BCUT2D eigenvalue weighted by Crippen LogP contribution is -2.39. The lowest BCUT2D eigenvalue weighted by molar-refractivity contribution is -0.120. The van der Waals surface area contributed by atoms with Crippen molar-refractivity contribution in [2.75, 3.05) is 13.2 Å². The van der Waals surface area contributed by atoms with Crippen molar-refractivity contribution in [3.63, 3.8) is 0 Å². The molecule has 3 rings (SSSR count). The van der Waals surface area contributed by atoms with Gasteiger partial charge in [-0.1, -0.05) is 18.2 Å². The smallest absolute Gasteiger partial charge is 0.250 e. The summed E-state index contributed by atoms with van der Waals surface area (Å²) in [7, 11) is -3.65. The molecule has 2 heterocycles. The Bertz CT molecular complexity index is 845. The Kier molecular flexibility index (Phi) is 4.88. The van der Waals surface area contributed by atoms with E-state index >= 15 is 0 Å². The summed E-state index contributed by atoms with van der Waals surface area (Å²) in [5, 5.41) is 4.62. The summed E-state index contributed by atoms with van der Waals surface area (Å²) in [6.07, 6.45) is 0.652. The van der Waals surface area contributed by atoms with Gasteiger partial charge >= 0.3 is 0 Å². The molecule has 0 spiro atoms. The van der Waals surface area contributed by atoms with Gasteiger partial charge in [0.15, 0.2) is 0 Å². The summed E-state index contributed by atoms with van der Waals surface area (Å²) in [5.74, 6) is 0.386. The molecule has 2 N–H and O–H groups in total. The molecule has 6 nitrogen and oxygen atoms in total. The Morgan fingerprint density at radius 3 is 2.92 bits per heavy atom. The van der Waals surface area contributed by atoms with Crippen molar-refractivity contribution < 1.29 is 17.9 Å². The quantitative estimate of drug-likeness (QED) is 0.847. The molecule has 0 saturated carbocycles. The third-order valence-corrected chi connectivity index (χ3v) is 6.65. The summed E-state index contributed by atoms with van der Waals surface area (Å²) in [5.41, 5.74) is 1.79. The van der Waals surface area contributed by atoms with Crippen LogP contribution in [0.3, 0.4) is 0 Å². The molecule has 0 aliphatic carbocycles. The van der Waals surface area contributed by atoms with Gasteiger partial charge in [-0.05, 0) is 30.0 Å². The fourth-order valence-electron chi connectivity index (χ4n) is 2.51. The van der Waals surface area contributed by atoms with E-state index in [0.717, 1.165) is 28.2 Å². The SMILES string of the molecule is Cc1csc(S(=O)(=O)NCC(=O)NC2CCOc3ccccc32)c1. The predicted molar refractivity (Wildman–Crippen MR) is 91.7 cm³/mol. The molecule has 1 atom stereocenters. The van der Waals surface area contributed by atoms with E-state index in [1.165, 1.54) is 0 Å². The minimum Gasteiger partial charge on any atom is -0.493 e. The van der Waals surface area contributed by atoms with Crippen LogP contribution in [0, 0.1) is 6.92 Å². The Morgan fingerprint density at radius 2 is 2.17 bits per heavy atom. The molecule has 0 bridgehead atoms. The van der Waals surface area contributed by atoms with Crippen molar-refractivity contribution in [3.8, 4) is 5.75 Å². The molecule has 1 aliphatic rings. The van der Waals surface area contributed by atoms with E-state index < -0.39 is 10.0 Å². The fourth-order valence-corrected chi connectivity index (χ4v) is 4.77. The third-order valence-electron chi connectivity index (χ3n) is 3.69. The minimum atomic E-state index is -3.65. The lowest BCUT2D eigenvalue weighted by Gasteiger charge is -2.26. The zero-order valence-electron chi connectivity index (χ0n) is 13.1. The van der Waals surface area contributed by atoms with Gasteiger partial charge in [0.05, 0.1) is 19.2 Å². The Balaban J connectivity index is 1.61. The fraction of sp³-hybridized carbons (Fsp3) is 0.312. The van der Waals surface area contributed by atoms with Crippen LogP contribution in [0.2, 0.25) is 0 Å². The molecule has 1 aromatic carbocycles. The standard InChI is InChI=1S/C16H18N2O4S2/c1-11-8-16(23-10-11)24(20,21)17-9-15(19)18-13-6-7-22-14-5-3-2-4-12(13)14/h2-5,8,10,13,17H,6-7,9H2,1H3,(H,18,19). The van der Waals surface area contributed by atoms with Crippen LogP contribution in [-0.2, 0) is 14.8 Å². The molecule has 24 heavy (non-hydrogen) atoms. The van der Waals surface area contributed by atoms with Crippen LogP contribution >= 0.6 is 11.3 Å². The Hall–Kier alpha value is -1.90. The first kappa shape index (κ1) is 16.9. The van der Waals surface area contributed by atoms with Gasteiger partial charge in [0.1, 0.15) is 9.96 Å². The highest BCUT2D eigenvalue weighted by Gasteiger charge is 2.23. The van der Waals surface area contributed by atoms with E-state index in [2.05, 4.69) is 10.0 Å². The van der Waals surface area contributed by atoms with Crippen LogP contribution in [0.25, 0.3) is 0 Å². The molecule has 0 saturated heterocycles. The van der Waals surface area contributed by atoms with Crippen molar-refractivity contribution in [3.05, 3.63) is 46.8 Å². The second-order valence-corrected chi connectivity index (χ2v) is 8.47. The van der Waals surface area contributed by atoms with Gasteiger partial charge in [-0.3, -0.25) is 4.79 Å². The van der Waals surface area contributed by atoms with Gasteiger partial charge in [0, 0.05) is 12.0 Å². The van der Waals surface area contributed by atoms with Gasteiger partial charge in [-0.25, -0.2) is 13.1 Å². The number of rotatable bonds is 5. The number of aryl methyl sites for hydroxylation is 1. The van der Waals surface area contributed by atoms with Gasteiger partial charge in [-0.2, -0.15) is 0 Å². The Labute approximate surface area is 144 Å². The summed E-state index contributed by atoms with van der Waals surface area (Å²) >= 11 is 1.14. The van der Waals surface area contributed by atoms with Crippen molar-refractivity contribution in [2.24, 2.45) is 0 Å². The second-order valence-electron chi connectivity index (χ2n) is 5.56. The van der Waals surface area contributed by atoms with E-state index in [-0.39, 0.29) is 22.7 Å². The first-order valence-corrected chi connectivity index (χ1v) is 9.88. The highest BCUT2D eigenvalue weighted by Crippen LogP contribution is 2.31. The molecule has 1 amide bonds. The first-order valence-electron chi connectivity index (χ1n) is 7.51. The number of carbonyl (C=O) groups excluding carboxylic acids is 1. The van der Waals surface area contributed by atoms with Crippen LogP contribution < -0.4 is 14.8 Å². The molecular formula is C16H18N2O4S2. The number of nitrogens with one attached hydrogen (secondary N) is 2. The highest BCUT2D eigenvalue weighted by molar-refractivity contribution is 7.91. The van der Waals surface area contributed by atoms with Crippen LogP contribution in [0.1, 0.15) is 23.6 Å². The predicted octanol–water partition coefficient (Wildman–Crippen LogP) is 1.97. The van der Waals surface area contributed by atoms with Gasteiger partial charge < -0.3 is 10.1 Å². The number of benzene rings is 1. The molecule has 1 aliphatic heterocycles. The van der Waals surface area contributed by atoms with Crippen LogP contribution in [-0.4, -0.2) is 27.5 Å². The number of fused-ring (bicyclic) bond motifs is 1. The largest absolute Gasteiger partial charge is 0.493 e. The van der Waals surface area contributed by atoms with Gasteiger partial charge in [-0.15, -0.1) is 11.3 Å². The molecular weight excluding hydrogens is 348 g/mol. The van der Waals surface area contributed by atoms with Crippen molar-refractivity contribution >= 4 is 27.3 Å². The molecule has 2 aromatic rings. The van der Waals surface area contributed by atoms with Crippen LogP contribution in [0.5, 0.6) is 5.75 Å². The maximum absolute atomic E-state index is 12.1. The molecule has 1 unspecified atom stereocenters. The summed E-state index contributed by atoms with van der Waals surface area (Å²) < 4.78 is 32.4. The van der Waals surface area contributed by atoms with E-state index in [1.54, 1.807) is 11.4 Å². The average Bonchev–Trinajstić information content (AvgIpc) is 3.01. The molecule has 128 valence electrons. The lowest BCUT2D eigenvalue weighted by atomic mass is 10.0. The van der Waals surface area contributed by atoms with E-state index in [0.29, 0.717) is 13.0 Å². The third kappa shape index (κ3) is 3.77. The number of para-hydroxylation sites is 1.